The molecule has 6 nitrogen and oxygen atoms in total. The number of aromatic nitrogens is 4. The predicted molar refractivity (Wildman–Crippen MR) is 133 cm³/mol. The summed E-state index contributed by atoms with van der Waals surface area (Å²) in [7, 11) is 0. The van der Waals surface area contributed by atoms with E-state index in [2.05, 4.69) is 80.5 Å². The Hall–Kier alpha value is -4.50. The lowest BCUT2D eigenvalue weighted by atomic mass is 10.1. The fraction of sp³-hybridized carbons (Fsp3) is 0.143. The van der Waals surface area contributed by atoms with Gasteiger partial charge in [0.2, 0.25) is 0 Å². The topological polar surface area (TPSA) is 79.4 Å². The van der Waals surface area contributed by atoms with Crippen LogP contribution in [0.2, 0.25) is 0 Å². The van der Waals surface area contributed by atoms with Gasteiger partial charge in [0.15, 0.2) is 0 Å². The van der Waals surface area contributed by atoms with Crippen LogP contribution in [0.4, 0.5) is 11.6 Å². The van der Waals surface area contributed by atoms with E-state index in [0.29, 0.717) is 17.3 Å². The van der Waals surface area contributed by atoms with Crippen LogP contribution in [0.1, 0.15) is 35.4 Å². The highest BCUT2D eigenvalue weighted by atomic mass is 15.1. The summed E-state index contributed by atoms with van der Waals surface area (Å²) in [6.07, 6.45) is 5.94. The third kappa shape index (κ3) is 4.12. The summed E-state index contributed by atoms with van der Waals surface area (Å²) in [6.45, 7) is 0.787. The van der Waals surface area contributed by atoms with Crippen molar-refractivity contribution in [2.45, 2.75) is 25.3 Å². The molecule has 3 heterocycles. The molecular weight excluding hydrogens is 420 g/mol. The summed E-state index contributed by atoms with van der Waals surface area (Å²) < 4.78 is 2.17. The SMILES string of the molecule is N#Cc1ccnc(Nc2cc(C3CC3)cc(-c3ccc4c(c3)ncn4Cc3ccccc3)n2)c1. The molecule has 6 heteroatoms. The number of nitrogens with zero attached hydrogens (tertiary/aromatic N) is 5. The normalized spacial score (nSPS) is 13.0. The zero-order valence-corrected chi connectivity index (χ0v) is 18.5. The van der Waals surface area contributed by atoms with Crippen LogP contribution >= 0.6 is 0 Å². The van der Waals surface area contributed by atoms with Crippen molar-refractivity contribution in [1.82, 2.24) is 19.5 Å². The molecule has 2 aromatic carbocycles. The van der Waals surface area contributed by atoms with E-state index < -0.39 is 0 Å². The molecule has 0 radical (unpaired) electrons. The number of benzene rings is 2. The highest BCUT2D eigenvalue weighted by Gasteiger charge is 2.25. The molecule has 1 fully saturated rings. The fourth-order valence-corrected chi connectivity index (χ4v) is 4.24. The first-order chi connectivity index (χ1) is 16.7. The zero-order valence-electron chi connectivity index (χ0n) is 18.5. The van der Waals surface area contributed by atoms with Crippen molar-refractivity contribution >= 4 is 22.7 Å². The van der Waals surface area contributed by atoms with Crippen LogP contribution in [0.25, 0.3) is 22.3 Å². The quantitative estimate of drug-likeness (QED) is 0.347. The number of rotatable bonds is 6. The number of fused-ring (bicyclic) bond motifs is 1. The molecule has 0 amide bonds. The van der Waals surface area contributed by atoms with Gasteiger partial charge in [-0.2, -0.15) is 5.26 Å². The van der Waals surface area contributed by atoms with Gasteiger partial charge in [-0.05, 0) is 66.3 Å². The maximum atomic E-state index is 9.19. The minimum atomic E-state index is 0.563. The molecule has 5 aromatic rings. The molecule has 3 aromatic heterocycles. The van der Waals surface area contributed by atoms with Crippen molar-refractivity contribution in [3.05, 3.63) is 102 Å². The molecule has 0 atom stereocenters. The third-order valence-electron chi connectivity index (χ3n) is 6.15. The molecule has 0 spiro atoms. The van der Waals surface area contributed by atoms with Gasteiger partial charge in [0.1, 0.15) is 11.6 Å². The molecule has 34 heavy (non-hydrogen) atoms. The summed E-state index contributed by atoms with van der Waals surface area (Å²) in [5, 5.41) is 12.5. The maximum absolute atomic E-state index is 9.19. The number of nitriles is 1. The van der Waals surface area contributed by atoms with Crippen LogP contribution in [0.15, 0.2) is 85.3 Å². The lowest BCUT2D eigenvalue weighted by Gasteiger charge is -2.11. The van der Waals surface area contributed by atoms with Gasteiger partial charge < -0.3 is 9.88 Å². The Morgan fingerprint density at radius 2 is 1.82 bits per heavy atom. The molecule has 0 unspecified atom stereocenters. The maximum Gasteiger partial charge on any atom is 0.132 e. The Labute approximate surface area is 197 Å². The second-order valence-electron chi connectivity index (χ2n) is 8.67. The minimum Gasteiger partial charge on any atom is -0.326 e. The number of hydrogen-bond acceptors (Lipinski definition) is 5. The molecule has 164 valence electrons. The summed E-state index contributed by atoms with van der Waals surface area (Å²) in [5.41, 5.74) is 7.07. The Balaban J connectivity index is 1.34. The Morgan fingerprint density at radius 1 is 0.941 bits per heavy atom. The minimum absolute atomic E-state index is 0.563. The Morgan fingerprint density at radius 3 is 2.65 bits per heavy atom. The van der Waals surface area contributed by atoms with Gasteiger partial charge in [0, 0.05) is 18.3 Å². The van der Waals surface area contributed by atoms with E-state index in [-0.39, 0.29) is 0 Å². The average molecular weight is 443 g/mol. The molecule has 1 aliphatic carbocycles. The first-order valence-corrected chi connectivity index (χ1v) is 11.4. The summed E-state index contributed by atoms with van der Waals surface area (Å²) in [6, 6.07) is 26.6. The predicted octanol–water partition coefficient (Wildman–Crippen LogP) is 6.03. The number of nitrogens with one attached hydrogen (secondary N) is 1. The number of anilines is 2. The first kappa shape index (κ1) is 20.1. The zero-order chi connectivity index (χ0) is 22.9. The monoisotopic (exact) mass is 442 g/mol. The van der Waals surface area contributed by atoms with Gasteiger partial charge >= 0.3 is 0 Å². The Kier molecular flexibility index (Phi) is 5.00. The van der Waals surface area contributed by atoms with Gasteiger partial charge in [0.05, 0.1) is 34.7 Å². The standard InChI is InChI=1S/C28H22N6/c29-16-20-10-11-30-27(12-20)33-28-15-23(21-6-7-21)14-24(32-28)22-8-9-26-25(13-22)31-18-34(26)17-19-4-2-1-3-5-19/h1-5,8-15,18,21H,6-7,17H2,(H,30,32,33). The molecule has 1 saturated carbocycles. The summed E-state index contributed by atoms with van der Waals surface area (Å²) in [4.78, 5) is 13.9. The number of pyridine rings is 2. The van der Waals surface area contributed by atoms with Crippen LogP contribution in [-0.2, 0) is 6.54 Å². The lowest BCUT2D eigenvalue weighted by molar-refractivity contribution is 0.824. The molecule has 0 bridgehead atoms. The van der Waals surface area contributed by atoms with Gasteiger partial charge in [0.25, 0.3) is 0 Å². The second kappa shape index (κ2) is 8.45. The molecule has 0 saturated heterocycles. The molecule has 1 N–H and O–H groups in total. The Bertz CT molecular complexity index is 1530. The third-order valence-corrected chi connectivity index (χ3v) is 6.15. The largest absolute Gasteiger partial charge is 0.326 e. The van der Waals surface area contributed by atoms with E-state index in [9.17, 15) is 5.26 Å². The van der Waals surface area contributed by atoms with Crippen LogP contribution in [0.5, 0.6) is 0 Å². The van der Waals surface area contributed by atoms with Crippen molar-refractivity contribution in [1.29, 1.82) is 5.26 Å². The van der Waals surface area contributed by atoms with Crippen molar-refractivity contribution in [2.24, 2.45) is 0 Å². The van der Waals surface area contributed by atoms with E-state index in [1.54, 1.807) is 18.3 Å². The van der Waals surface area contributed by atoms with Crippen LogP contribution in [0, 0.1) is 11.3 Å². The van der Waals surface area contributed by atoms with Gasteiger partial charge in [-0.1, -0.05) is 36.4 Å². The van der Waals surface area contributed by atoms with Gasteiger partial charge in [-0.3, -0.25) is 0 Å². The molecule has 1 aliphatic rings. The smallest absolute Gasteiger partial charge is 0.132 e. The van der Waals surface area contributed by atoms with Crippen molar-refractivity contribution in [3.8, 4) is 17.3 Å². The van der Waals surface area contributed by atoms with E-state index in [4.69, 9.17) is 4.98 Å². The lowest BCUT2D eigenvalue weighted by Crippen LogP contribution is -1.99. The van der Waals surface area contributed by atoms with Crippen molar-refractivity contribution in [3.63, 3.8) is 0 Å². The van der Waals surface area contributed by atoms with E-state index in [1.807, 2.05) is 12.4 Å². The van der Waals surface area contributed by atoms with E-state index in [0.717, 1.165) is 34.7 Å². The molecule has 6 rings (SSSR count). The first-order valence-electron chi connectivity index (χ1n) is 11.4. The highest BCUT2D eigenvalue weighted by Crippen LogP contribution is 2.42. The second-order valence-corrected chi connectivity index (χ2v) is 8.67. The van der Waals surface area contributed by atoms with E-state index in [1.165, 1.54) is 24.0 Å². The van der Waals surface area contributed by atoms with E-state index >= 15 is 0 Å². The van der Waals surface area contributed by atoms with Gasteiger partial charge in [-0.25, -0.2) is 15.0 Å². The summed E-state index contributed by atoms with van der Waals surface area (Å²) in [5.74, 6) is 1.92. The van der Waals surface area contributed by atoms with Gasteiger partial charge in [-0.15, -0.1) is 0 Å². The van der Waals surface area contributed by atoms with Crippen LogP contribution in [-0.4, -0.2) is 19.5 Å². The molecular formula is C28H22N6. The number of hydrogen-bond donors (Lipinski definition) is 1. The highest BCUT2D eigenvalue weighted by molar-refractivity contribution is 5.82. The molecule has 0 aliphatic heterocycles. The number of imidazole rings is 1. The van der Waals surface area contributed by atoms with Crippen LogP contribution < -0.4 is 5.32 Å². The van der Waals surface area contributed by atoms with Crippen molar-refractivity contribution in [2.75, 3.05) is 5.32 Å². The van der Waals surface area contributed by atoms with Crippen LogP contribution in [0.3, 0.4) is 0 Å². The average Bonchev–Trinajstić information content (AvgIpc) is 3.66. The summed E-state index contributed by atoms with van der Waals surface area (Å²) >= 11 is 0. The fourth-order valence-electron chi connectivity index (χ4n) is 4.24. The van der Waals surface area contributed by atoms with Crippen molar-refractivity contribution < 1.29 is 0 Å².